The molecule has 5 atom stereocenters. The number of carbonyl (C=O) groups excluding carboxylic acids is 1. The van der Waals surface area contributed by atoms with Gasteiger partial charge in [0.15, 0.2) is 0 Å². The smallest absolute Gasteiger partial charge is 0.309 e. The fraction of sp³-hybridized carbons (Fsp3) is 0.857. The van der Waals surface area contributed by atoms with Crippen LogP contribution in [-0.4, -0.2) is 16.9 Å². The van der Waals surface area contributed by atoms with Gasteiger partial charge in [0.25, 0.3) is 0 Å². The summed E-state index contributed by atoms with van der Waals surface area (Å²) in [6.07, 6.45) is 1.37. The Labute approximate surface area is 67.1 Å². The molecule has 10 heavy (non-hydrogen) atoms. The summed E-state index contributed by atoms with van der Waals surface area (Å²) in [5.74, 6) is 1.63. The SMILES string of the molecule is O=C1O[C@@H]2[C@H]3C(C[C@H]2Br)C13. The van der Waals surface area contributed by atoms with E-state index in [0.29, 0.717) is 22.6 Å². The second-order valence-corrected chi connectivity index (χ2v) is 4.60. The predicted molar refractivity (Wildman–Crippen MR) is 37.7 cm³/mol. The summed E-state index contributed by atoms with van der Waals surface area (Å²) in [5, 5.41) is 0. The fourth-order valence-electron chi connectivity index (χ4n) is 2.48. The van der Waals surface area contributed by atoms with E-state index < -0.39 is 0 Å². The Morgan fingerprint density at radius 2 is 2.40 bits per heavy atom. The minimum Gasteiger partial charge on any atom is -0.461 e. The molecule has 3 fully saturated rings. The molecule has 2 unspecified atom stereocenters. The van der Waals surface area contributed by atoms with Gasteiger partial charge in [0.1, 0.15) is 6.10 Å². The fourth-order valence-corrected chi connectivity index (χ4v) is 3.38. The molecule has 0 amide bonds. The molecular weight excluding hydrogens is 196 g/mol. The van der Waals surface area contributed by atoms with Gasteiger partial charge in [-0.3, -0.25) is 4.79 Å². The van der Waals surface area contributed by atoms with Gasteiger partial charge in [-0.25, -0.2) is 0 Å². The van der Waals surface area contributed by atoms with Crippen LogP contribution in [0.25, 0.3) is 0 Å². The summed E-state index contributed by atoms with van der Waals surface area (Å²) < 4.78 is 5.14. The van der Waals surface area contributed by atoms with Crippen LogP contribution in [0.5, 0.6) is 0 Å². The normalized spacial score (nSPS) is 62.1. The van der Waals surface area contributed by atoms with Crippen LogP contribution in [-0.2, 0) is 9.53 Å². The van der Waals surface area contributed by atoms with Crippen molar-refractivity contribution in [2.45, 2.75) is 17.4 Å². The molecule has 3 heteroatoms. The molecule has 1 aliphatic heterocycles. The highest BCUT2D eigenvalue weighted by molar-refractivity contribution is 9.09. The maximum absolute atomic E-state index is 11.0. The first kappa shape index (κ1) is 5.58. The third-order valence-electron chi connectivity index (χ3n) is 2.99. The highest BCUT2D eigenvalue weighted by Crippen LogP contribution is 2.64. The van der Waals surface area contributed by atoms with Gasteiger partial charge in [-0.15, -0.1) is 0 Å². The van der Waals surface area contributed by atoms with Crippen LogP contribution >= 0.6 is 15.9 Å². The highest BCUT2D eigenvalue weighted by Gasteiger charge is 2.71. The minimum atomic E-state index is 0.0574. The summed E-state index contributed by atoms with van der Waals surface area (Å²) in [4.78, 5) is 11.4. The molecule has 2 nitrogen and oxygen atoms in total. The molecule has 1 saturated heterocycles. The third kappa shape index (κ3) is 0.428. The van der Waals surface area contributed by atoms with Gasteiger partial charge in [0.2, 0.25) is 0 Å². The molecule has 3 aliphatic rings. The summed E-state index contributed by atoms with van der Waals surface area (Å²) in [7, 11) is 0. The van der Waals surface area contributed by atoms with Crippen LogP contribution in [0.3, 0.4) is 0 Å². The number of rotatable bonds is 0. The summed E-state index contributed by atoms with van der Waals surface area (Å²) in [6, 6.07) is 0. The molecule has 54 valence electrons. The summed E-state index contributed by atoms with van der Waals surface area (Å²) in [6.45, 7) is 0. The van der Waals surface area contributed by atoms with E-state index >= 15 is 0 Å². The first-order valence-electron chi connectivity index (χ1n) is 3.63. The lowest BCUT2D eigenvalue weighted by Crippen LogP contribution is -2.17. The number of hydrogen-bond donors (Lipinski definition) is 0. The first-order valence-corrected chi connectivity index (χ1v) is 4.55. The molecule has 0 spiro atoms. The lowest BCUT2D eigenvalue weighted by atomic mass is 10.2. The van der Waals surface area contributed by atoms with E-state index in [0.717, 1.165) is 6.42 Å². The van der Waals surface area contributed by atoms with Gasteiger partial charge in [0.05, 0.1) is 10.7 Å². The Balaban J connectivity index is 2.00. The zero-order chi connectivity index (χ0) is 6.88. The van der Waals surface area contributed by atoms with Gasteiger partial charge < -0.3 is 4.74 Å². The average Bonchev–Trinajstić information content (AvgIpc) is 2.37. The van der Waals surface area contributed by atoms with E-state index in [1.54, 1.807) is 0 Å². The van der Waals surface area contributed by atoms with Crippen molar-refractivity contribution in [3.8, 4) is 0 Å². The van der Waals surface area contributed by atoms with E-state index in [2.05, 4.69) is 15.9 Å². The molecule has 0 aromatic heterocycles. The highest BCUT2D eigenvalue weighted by atomic mass is 79.9. The van der Waals surface area contributed by atoms with E-state index in [4.69, 9.17) is 4.74 Å². The Morgan fingerprint density at radius 3 is 3.00 bits per heavy atom. The van der Waals surface area contributed by atoms with Crippen molar-refractivity contribution in [1.29, 1.82) is 0 Å². The molecule has 2 aliphatic carbocycles. The zero-order valence-corrected chi connectivity index (χ0v) is 6.87. The number of hydrogen-bond acceptors (Lipinski definition) is 2. The Bertz CT molecular complexity index is 216. The van der Waals surface area contributed by atoms with Crippen LogP contribution in [0.2, 0.25) is 0 Å². The lowest BCUT2D eigenvalue weighted by molar-refractivity contribution is -0.144. The molecule has 2 saturated carbocycles. The van der Waals surface area contributed by atoms with E-state index in [-0.39, 0.29) is 12.1 Å². The molecule has 0 aromatic rings. The summed E-state index contributed by atoms with van der Waals surface area (Å²) >= 11 is 3.51. The predicted octanol–water partition coefficient (Wildman–Crippen LogP) is 0.941. The Morgan fingerprint density at radius 1 is 1.60 bits per heavy atom. The van der Waals surface area contributed by atoms with E-state index in [1.807, 2.05) is 0 Å². The topological polar surface area (TPSA) is 26.3 Å². The molecule has 3 rings (SSSR count). The van der Waals surface area contributed by atoms with Crippen molar-refractivity contribution >= 4 is 21.9 Å². The molecule has 1 heterocycles. The van der Waals surface area contributed by atoms with Crippen molar-refractivity contribution in [2.75, 3.05) is 0 Å². The van der Waals surface area contributed by atoms with Gasteiger partial charge in [-0.2, -0.15) is 0 Å². The largest absolute Gasteiger partial charge is 0.461 e. The zero-order valence-electron chi connectivity index (χ0n) is 5.29. The number of carbonyl (C=O) groups is 1. The molecule has 0 N–H and O–H groups in total. The minimum absolute atomic E-state index is 0.0574. The van der Waals surface area contributed by atoms with Crippen LogP contribution in [0, 0.1) is 17.8 Å². The van der Waals surface area contributed by atoms with Crippen molar-refractivity contribution in [1.82, 2.24) is 0 Å². The van der Waals surface area contributed by atoms with Crippen LogP contribution < -0.4 is 0 Å². The number of ether oxygens (including phenoxy) is 1. The Hall–Kier alpha value is -0.0500. The molecular formula is C7H7BrO2. The first-order chi connectivity index (χ1) is 4.79. The quantitative estimate of drug-likeness (QED) is 0.432. The second-order valence-electron chi connectivity index (χ2n) is 3.42. The lowest BCUT2D eigenvalue weighted by Gasteiger charge is -2.09. The van der Waals surface area contributed by atoms with E-state index in [9.17, 15) is 4.79 Å². The second kappa shape index (κ2) is 1.42. The van der Waals surface area contributed by atoms with Crippen molar-refractivity contribution in [3.63, 3.8) is 0 Å². The Kier molecular flexibility index (Phi) is 0.793. The van der Waals surface area contributed by atoms with Gasteiger partial charge >= 0.3 is 5.97 Å². The third-order valence-corrected chi connectivity index (χ3v) is 3.88. The van der Waals surface area contributed by atoms with Crippen LogP contribution in [0.15, 0.2) is 0 Å². The van der Waals surface area contributed by atoms with Gasteiger partial charge in [-0.1, -0.05) is 15.9 Å². The monoisotopic (exact) mass is 202 g/mol. The average molecular weight is 203 g/mol. The molecule has 0 aromatic carbocycles. The molecule has 0 bridgehead atoms. The van der Waals surface area contributed by atoms with Gasteiger partial charge in [-0.05, 0) is 12.3 Å². The van der Waals surface area contributed by atoms with Gasteiger partial charge in [0, 0.05) is 5.92 Å². The number of halogens is 1. The molecule has 0 radical (unpaired) electrons. The number of fused-ring (bicyclic) bond motifs is 1. The maximum Gasteiger partial charge on any atom is 0.309 e. The maximum atomic E-state index is 11.0. The van der Waals surface area contributed by atoms with Crippen molar-refractivity contribution < 1.29 is 9.53 Å². The number of alkyl halides is 1. The number of esters is 1. The van der Waals surface area contributed by atoms with Crippen LogP contribution in [0.1, 0.15) is 6.42 Å². The summed E-state index contributed by atoms with van der Waals surface area (Å²) in [5.41, 5.74) is 0. The van der Waals surface area contributed by atoms with Crippen LogP contribution in [0.4, 0.5) is 0 Å². The standard InChI is InChI=1S/C7H7BrO2/c8-3-1-2-4-5(2)7(9)10-6(3)4/h2-6H,1H2/t2?,3-,4+,5?,6+/m1/s1. The van der Waals surface area contributed by atoms with Crippen molar-refractivity contribution in [2.24, 2.45) is 17.8 Å². The van der Waals surface area contributed by atoms with Crippen molar-refractivity contribution in [3.05, 3.63) is 0 Å². The van der Waals surface area contributed by atoms with E-state index in [1.165, 1.54) is 0 Å².